The lowest BCUT2D eigenvalue weighted by Gasteiger charge is -2.12. The van der Waals surface area contributed by atoms with Crippen LogP contribution in [0.3, 0.4) is 0 Å². The van der Waals surface area contributed by atoms with Crippen molar-refractivity contribution in [1.82, 2.24) is 4.90 Å². The molecule has 2 saturated heterocycles. The molecule has 0 saturated carbocycles. The summed E-state index contributed by atoms with van der Waals surface area (Å²) >= 11 is 0. The van der Waals surface area contributed by atoms with Crippen LogP contribution in [-0.2, 0) is 0 Å². The Hall–Kier alpha value is 0.390. The molecule has 0 radical (unpaired) electrons. The molecule has 9 heavy (non-hydrogen) atoms. The minimum atomic E-state index is 0.898. The van der Waals surface area contributed by atoms with Gasteiger partial charge in [-0.1, -0.05) is 0 Å². The van der Waals surface area contributed by atoms with Crippen molar-refractivity contribution >= 4 is 9.24 Å². The van der Waals surface area contributed by atoms with E-state index < -0.39 is 0 Å². The van der Waals surface area contributed by atoms with E-state index in [0.29, 0.717) is 0 Å². The Bertz CT molecular complexity index is 103. The Morgan fingerprint density at radius 3 is 3.11 bits per heavy atom. The average Bonchev–Trinajstić information content (AvgIpc) is 2.22. The van der Waals surface area contributed by atoms with Gasteiger partial charge in [0.15, 0.2) is 0 Å². The average molecular weight is 143 g/mol. The summed E-state index contributed by atoms with van der Waals surface area (Å²) < 4.78 is 0. The van der Waals surface area contributed by atoms with Gasteiger partial charge in [0.2, 0.25) is 0 Å². The molecule has 0 N–H and O–H groups in total. The van der Waals surface area contributed by atoms with Crippen molar-refractivity contribution in [1.29, 1.82) is 0 Å². The van der Waals surface area contributed by atoms with Crippen LogP contribution in [0.15, 0.2) is 0 Å². The van der Waals surface area contributed by atoms with E-state index in [-0.39, 0.29) is 0 Å². The van der Waals surface area contributed by atoms with Crippen molar-refractivity contribution in [2.24, 2.45) is 0 Å². The van der Waals surface area contributed by atoms with E-state index in [4.69, 9.17) is 0 Å². The zero-order chi connectivity index (χ0) is 6.27. The molecule has 2 aliphatic heterocycles. The predicted octanol–water partition coefficient (Wildman–Crippen LogP) is 1.10. The highest BCUT2D eigenvalue weighted by Crippen LogP contribution is 2.30. The topological polar surface area (TPSA) is 3.24 Å². The largest absolute Gasteiger partial charge is 0.300 e. The SMILES string of the molecule is PC1CC2CCCN2C1. The predicted molar refractivity (Wildman–Crippen MR) is 42.7 cm³/mol. The molecule has 52 valence electrons. The smallest absolute Gasteiger partial charge is 0.0102 e. The fourth-order valence-electron chi connectivity index (χ4n) is 2.13. The van der Waals surface area contributed by atoms with Crippen LogP contribution in [0.2, 0.25) is 0 Å². The molecule has 0 aromatic heterocycles. The second kappa shape index (κ2) is 2.21. The van der Waals surface area contributed by atoms with Gasteiger partial charge in [0, 0.05) is 12.6 Å². The van der Waals surface area contributed by atoms with Crippen LogP contribution in [0, 0.1) is 0 Å². The molecular weight excluding hydrogens is 129 g/mol. The first-order chi connectivity index (χ1) is 4.36. The summed E-state index contributed by atoms with van der Waals surface area (Å²) in [6, 6.07) is 0.965. The summed E-state index contributed by atoms with van der Waals surface area (Å²) in [4.78, 5) is 2.64. The highest BCUT2D eigenvalue weighted by molar-refractivity contribution is 7.17. The maximum atomic E-state index is 2.94. The van der Waals surface area contributed by atoms with E-state index in [1.165, 1.54) is 32.4 Å². The lowest BCUT2D eigenvalue weighted by molar-refractivity contribution is 0.325. The molecule has 2 rings (SSSR count). The van der Waals surface area contributed by atoms with Crippen molar-refractivity contribution in [3.05, 3.63) is 0 Å². The molecule has 2 fully saturated rings. The summed E-state index contributed by atoms with van der Waals surface area (Å²) in [5.74, 6) is 0. The lowest BCUT2D eigenvalue weighted by Crippen LogP contribution is -2.22. The van der Waals surface area contributed by atoms with Gasteiger partial charge in [-0.3, -0.25) is 4.90 Å². The van der Waals surface area contributed by atoms with Gasteiger partial charge in [-0.05, 0) is 31.5 Å². The van der Waals surface area contributed by atoms with Crippen LogP contribution in [0.1, 0.15) is 19.3 Å². The highest BCUT2D eigenvalue weighted by Gasteiger charge is 2.32. The Balaban J connectivity index is 2.02. The van der Waals surface area contributed by atoms with Crippen LogP contribution < -0.4 is 0 Å². The summed E-state index contributed by atoms with van der Waals surface area (Å²) in [5.41, 5.74) is 0.898. The van der Waals surface area contributed by atoms with Gasteiger partial charge in [0.1, 0.15) is 0 Å². The number of fused-ring (bicyclic) bond motifs is 1. The molecule has 0 aliphatic carbocycles. The van der Waals surface area contributed by atoms with Gasteiger partial charge in [-0.15, -0.1) is 9.24 Å². The van der Waals surface area contributed by atoms with Crippen LogP contribution in [0.5, 0.6) is 0 Å². The van der Waals surface area contributed by atoms with Crippen molar-refractivity contribution in [3.63, 3.8) is 0 Å². The van der Waals surface area contributed by atoms with Crippen LogP contribution >= 0.6 is 9.24 Å². The molecule has 0 amide bonds. The monoisotopic (exact) mass is 143 g/mol. The third kappa shape index (κ3) is 1.01. The first-order valence-corrected chi connectivity index (χ1v) is 4.52. The van der Waals surface area contributed by atoms with E-state index in [9.17, 15) is 0 Å². The number of nitrogens with zero attached hydrogens (tertiary/aromatic N) is 1. The fraction of sp³-hybridized carbons (Fsp3) is 1.00. The molecule has 3 atom stereocenters. The molecular formula is C7H14NP. The van der Waals surface area contributed by atoms with Gasteiger partial charge in [-0.25, -0.2) is 0 Å². The molecule has 2 aliphatic rings. The Labute approximate surface area is 59.0 Å². The summed E-state index contributed by atoms with van der Waals surface area (Å²) in [5, 5.41) is 0. The first-order valence-electron chi connectivity index (χ1n) is 3.86. The molecule has 0 bridgehead atoms. The lowest BCUT2D eigenvalue weighted by atomic mass is 10.2. The molecule has 0 aromatic carbocycles. The number of hydrogen-bond acceptors (Lipinski definition) is 1. The molecule has 2 heteroatoms. The Morgan fingerprint density at radius 2 is 2.33 bits per heavy atom. The minimum Gasteiger partial charge on any atom is -0.300 e. The molecule has 0 spiro atoms. The standard InChI is InChI=1S/C7H14NP/c9-7-4-6-2-1-3-8(6)5-7/h6-7H,1-5,9H2. The zero-order valence-corrected chi connectivity index (χ0v) is 6.87. The second-order valence-electron chi connectivity index (χ2n) is 3.29. The van der Waals surface area contributed by atoms with Crippen molar-refractivity contribution < 1.29 is 0 Å². The maximum Gasteiger partial charge on any atom is 0.0102 e. The van der Waals surface area contributed by atoms with Gasteiger partial charge in [-0.2, -0.15) is 0 Å². The van der Waals surface area contributed by atoms with E-state index in [0.717, 1.165) is 11.7 Å². The van der Waals surface area contributed by atoms with Crippen molar-refractivity contribution in [2.75, 3.05) is 13.1 Å². The minimum absolute atomic E-state index is 0.898. The van der Waals surface area contributed by atoms with Crippen LogP contribution in [0.4, 0.5) is 0 Å². The van der Waals surface area contributed by atoms with Crippen LogP contribution in [-0.4, -0.2) is 29.7 Å². The first kappa shape index (κ1) is 6.12. The van der Waals surface area contributed by atoms with Crippen LogP contribution in [0.25, 0.3) is 0 Å². The quantitative estimate of drug-likeness (QED) is 0.459. The van der Waals surface area contributed by atoms with Gasteiger partial charge in [0.25, 0.3) is 0 Å². The van der Waals surface area contributed by atoms with E-state index in [1.807, 2.05) is 0 Å². The van der Waals surface area contributed by atoms with Crippen molar-refractivity contribution in [2.45, 2.75) is 31.0 Å². The maximum absolute atomic E-state index is 2.94. The van der Waals surface area contributed by atoms with Gasteiger partial charge in [0.05, 0.1) is 0 Å². The molecule has 3 unspecified atom stereocenters. The van der Waals surface area contributed by atoms with Gasteiger partial charge >= 0.3 is 0 Å². The highest BCUT2D eigenvalue weighted by atomic mass is 31.0. The third-order valence-electron chi connectivity index (χ3n) is 2.54. The summed E-state index contributed by atoms with van der Waals surface area (Å²) in [7, 11) is 2.94. The Morgan fingerprint density at radius 1 is 1.44 bits per heavy atom. The fourth-order valence-corrected chi connectivity index (χ4v) is 2.71. The normalized spacial score (nSPS) is 43.7. The number of rotatable bonds is 0. The van der Waals surface area contributed by atoms with E-state index in [2.05, 4.69) is 14.1 Å². The zero-order valence-electron chi connectivity index (χ0n) is 5.71. The molecule has 1 nitrogen and oxygen atoms in total. The van der Waals surface area contributed by atoms with Gasteiger partial charge < -0.3 is 0 Å². The third-order valence-corrected chi connectivity index (χ3v) is 3.03. The van der Waals surface area contributed by atoms with E-state index in [1.54, 1.807) is 0 Å². The Kier molecular flexibility index (Phi) is 1.51. The molecule has 2 heterocycles. The van der Waals surface area contributed by atoms with Crippen molar-refractivity contribution in [3.8, 4) is 0 Å². The summed E-state index contributed by atoms with van der Waals surface area (Å²) in [6.07, 6.45) is 4.34. The summed E-state index contributed by atoms with van der Waals surface area (Å²) in [6.45, 7) is 2.71. The molecule has 0 aromatic rings. The second-order valence-corrected chi connectivity index (χ2v) is 4.23. The van der Waals surface area contributed by atoms with E-state index >= 15 is 0 Å². The number of hydrogen-bond donors (Lipinski definition) is 0.